The van der Waals surface area contributed by atoms with Crippen molar-refractivity contribution in [2.45, 2.75) is 32.5 Å². The van der Waals surface area contributed by atoms with Gasteiger partial charge in [0.2, 0.25) is 5.88 Å². The Bertz CT molecular complexity index is 545. The number of morpholine rings is 1. The summed E-state index contributed by atoms with van der Waals surface area (Å²) in [5, 5.41) is 0. The van der Waals surface area contributed by atoms with Crippen molar-refractivity contribution in [1.29, 1.82) is 0 Å². The number of nitrogens with zero attached hydrogens (tertiary/aromatic N) is 2. The molecule has 0 saturated carbocycles. The number of carbonyl (C=O) groups excluding carboxylic acids is 1. The summed E-state index contributed by atoms with van der Waals surface area (Å²) in [7, 11) is 3.18. The lowest BCUT2D eigenvalue weighted by atomic mass is 10.0. The van der Waals surface area contributed by atoms with E-state index in [-0.39, 0.29) is 12.0 Å². The molecule has 1 atom stereocenters. The van der Waals surface area contributed by atoms with E-state index in [0.29, 0.717) is 31.1 Å². The highest BCUT2D eigenvalue weighted by Gasteiger charge is 2.36. The second-order valence-electron chi connectivity index (χ2n) is 6.18. The van der Waals surface area contributed by atoms with Gasteiger partial charge in [0.25, 0.3) is 5.91 Å². The fraction of sp³-hybridized carbons (Fsp3) is 0.625. The Labute approximate surface area is 131 Å². The molecule has 0 spiro atoms. The topological polar surface area (TPSA) is 60.9 Å². The summed E-state index contributed by atoms with van der Waals surface area (Å²) < 4.78 is 16.3. The molecule has 6 heteroatoms. The van der Waals surface area contributed by atoms with Gasteiger partial charge in [-0.2, -0.15) is 0 Å². The van der Waals surface area contributed by atoms with Crippen molar-refractivity contribution in [3.05, 3.63) is 23.4 Å². The molecule has 0 radical (unpaired) electrons. The lowest BCUT2D eigenvalue weighted by molar-refractivity contribution is -0.143. The lowest BCUT2D eigenvalue weighted by Gasteiger charge is -2.42. The second-order valence-corrected chi connectivity index (χ2v) is 6.18. The fourth-order valence-electron chi connectivity index (χ4n) is 2.77. The predicted molar refractivity (Wildman–Crippen MR) is 82.3 cm³/mol. The minimum atomic E-state index is -0.400. The molecule has 1 aliphatic rings. The molecule has 1 amide bonds. The normalized spacial score (nSPS) is 20.8. The van der Waals surface area contributed by atoms with Crippen molar-refractivity contribution in [2.75, 3.05) is 33.9 Å². The molecular formula is C16H24N2O4. The molecule has 6 nitrogen and oxygen atoms in total. The van der Waals surface area contributed by atoms with E-state index in [4.69, 9.17) is 14.2 Å². The first-order valence-electron chi connectivity index (χ1n) is 7.33. The lowest BCUT2D eigenvalue weighted by Crippen LogP contribution is -2.55. The third kappa shape index (κ3) is 3.96. The maximum Gasteiger partial charge on any atom is 0.254 e. The van der Waals surface area contributed by atoms with Gasteiger partial charge >= 0.3 is 0 Å². The van der Waals surface area contributed by atoms with Crippen LogP contribution in [-0.4, -0.2) is 61.4 Å². The van der Waals surface area contributed by atoms with Crippen LogP contribution in [0.3, 0.4) is 0 Å². The van der Waals surface area contributed by atoms with Gasteiger partial charge in [-0.15, -0.1) is 0 Å². The summed E-state index contributed by atoms with van der Waals surface area (Å²) in [5.41, 5.74) is 0.936. The largest absolute Gasteiger partial charge is 0.481 e. The third-order valence-corrected chi connectivity index (χ3v) is 3.51. The van der Waals surface area contributed by atoms with Crippen molar-refractivity contribution in [2.24, 2.45) is 0 Å². The molecule has 22 heavy (non-hydrogen) atoms. The zero-order chi connectivity index (χ0) is 16.3. The minimum absolute atomic E-state index is 0.0405. The van der Waals surface area contributed by atoms with Crippen LogP contribution in [0.5, 0.6) is 5.88 Å². The molecule has 1 aromatic heterocycles. The third-order valence-electron chi connectivity index (χ3n) is 3.51. The second kappa shape index (κ2) is 6.62. The Balaban J connectivity index is 2.22. The van der Waals surface area contributed by atoms with Gasteiger partial charge < -0.3 is 19.1 Å². The Morgan fingerprint density at radius 1 is 1.45 bits per heavy atom. The molecule has 1 aromatic rings. The Morgan fingerprint density at radius 3 is 2.82 bits per heavy atom. The van der Waals surface area contributed by atoms with Crippen LogP contribution in [-0.2, 0) is 9.47 Å². The average molecular weight is 308 g/mol. The first-order chi connectivity index (χ1) is 10.3. The van der Waals surface area contributed by atoms with E-state index in [1.807, 2.05) is 20.8 Å². The maximum absolute atomic E-state index is 12.8. The van der Waals surface area contributed by atoms with E-state index in [1.54, 1.807) is 31.3 Å². The van der Waals surface area contributed by atoms with Crippen molar-refractivity contribution >= 4 is 5.91 Å². The van der Waals surface area contributed by atoms with Gasteiger partial charge in [-0.05, 0) is 26.8 Å². The molecule has 0 N–H and O–H groups in total. The smallest absolute Gasteiger partial charge is 0.254 e. The number of pyridine rings is 1. The van der Waals surface area contributed by atoms with Crippen LogP contribution >= 0.6 is 0 Å². The number of carbonyl (C=O) groups is 1. The van der Waals surface area contributed by atoms with Crippen LogP contribution in [0.4, 0.5) is 0 Å². The van der Waals surface area contributed by atoms with Gasteiger partial charge in [-0.1, -0.05) is 0 Å². The number of aromatic nitrogens is 1. The fourth-order valence-corrected chi connectivity index (χ4v) is 2.77. The highest BCUT2D eigenvalue weighted by Crippen LogP contribution is 2.23. The van der Waals surface area contributed by atoms with Crippen molar-refractivity contribution in [3.8, 4) is 5.88 Å². The van der Waals surface area contributed by atoms with Crippen LogP contribution in [0, 0.1) is 6.92 Å². The van der Waals surface area contributed by atoms with Crippen molar-refractivity contribution in [1.82, 2.24) is 9.88 Å². The quantitative estimate of drug-likeness (QED) is 0.846. The van der Waals surface area contributed by atoms with Crippen LogP contribution in [0.15, 0.2) is 12.1 Å². The number of aryl methyl sites for hydroxylation is 1. The van der Waals surface area contributed by atoms with Gasteiger partial charge in [0.15, 0.2) is 0 Å². The molecular weight excluding hydrogens is 284 g/mol. The SMILES string of the molecule is COC[C@H]1CN(C(=O)c2cc(C)nc(OC)c2)CC(C)(C)O1. The summed E-state index contributed by atoms with van der Waals surface area (Å²) >= 11 is 0. The summed E-state index contributed by atoms with van der Waals surface area (Å²) in [6.07, 6.45) is -0.123. The van der Waals surface area contributed by atoms with E-state index in [1.165, 1.54) is 0 Å². The standard InChI is InChI=1S/C16H24N2O4/c1-11-6-12(7-14(17-11)21-5)15(19)18-8-13(9-20-4)22-16(2,3)10-18/h6-7,13H,8-10H2,1-5H3/t13-/m1/s1. The molecule has 2 rings (SSSR count). The van der Waals surface area contributed by atoms with Gasteiger partial charge in [-0.3, -0.25) is 4.79 Å². The Morgan fingerprint density at radius 2 is 2.18 bits per heavy atom. The molecule has 2 heterocycles. The average Bonchev–Trinajstić information content (AvgIpc) is 2.44. The number of amides is 1. The summed E-state index contributed by atoms with van der Waals surface area (Å²) in [6, 6.07) is 3.45. The van der Waals surface area contributed by atoms with E-state index >= 15 is 0 Å². The van der Waals surface area contributed by atoms with E-state index in [0.717, 1.165) is 5.69 Å². The molecule has 0 unspecified atom stereocenters. The summed E-state index contributed by atoms with van der Waals surface area (Å²) in [6.45, 7) is 7.32. The molecule has 1 saturated heterocycles. The first-order valence-corrected chi connectivity index (χ1v) is 7.33. The zero-order valence-electron chi connectivity index (χ0n) is 13.9. The molecule has 0 aromatic carbocycles. The van der Waals surface area contributed by atoms with Crippen LogP contribution in [0.1, 0.15) is 29.9 Å². The summed E-state index contributed by atoms with van der Waals surface area (Å²) in [5.74, 6) is 0.408. The molecule has 1 fully saturated rings. The zero-order valence-corrected chi connectivity index (χ0v) is 13.9. The highest BCUT2D eigenvalue weighted by molar-refractivity contribution is 5.94. The number of rotatable bonds is 4. The summed E-state index contributed by atoms with van der Waals surface area (Å²) in [4.78, 5) is 18.8. The van der Waals surface area contributed by atoms with Gasteiger partial charge in [0.05, 0.1) is 25.4 Å². The number of hydrogen-bond acceptors (Lipinski definition) is 5. The van der Waals surface area contributed by atoms with Crippen molar-refractivity contribution < 1.29 is 19.0 Å². The molecule has 1 aliphatic heterocycles. The minimum Gasteiger partial charge on any atom is -0.481 e. The van der Waals surface area contributed by atoms with Gasteiger partial charge in [-0.25, -0.2) is 4.98 Å². The van der Waals surface area contributed by atoms with E-state index in [9.17, 15) is 4.79 Å². The predicted octanol–water partition coefficient (Wildman–Crippen LogP) is 1.66. The molecule has 0 bridgehead atoms. The van der Waals surface area contributed by atoms with Crippen molar-refractivity contribution in [3.63, 3.8) is 0 Å². The molecule has 0 aliphatic carbocycles. The van der Waals surface area contributed by atoms with Crippen LogP contribution in [0.25, 0.3) is 0 Å². The maximum atomic E-state index is 12.8. The van der Waals surface area contributed by atoms with Gasteiger partial charge in [0.1, 0.15) is 0 Å². The number of hydrogen-bond donors (Lipinski definition) is 0. The Hall–Kier alpha value is -1.66. The number of ether oxygens (including phenoxy) is 3. The van der Waals surface area contributed by atoms with E-state index < -0.39 is 5.60 Å². The van der Waals surface area contributed by atoms with Crippen LogP contribution < -0.4 is 4.74 Å². The van der Waals surface area contributed by atoms with Crippen LogP contribution in [0.2, 0.25) is 0 Å². The van der Waals surface area contributed by atoms with E-state index in [2.05, 4.69) is 4.98 Å². The monoisotopic (exact) mass is 308 g/mol. The van der Waals surface area contributed by atoms with Gasteiger partial charge in [0, 0.05) is 37.5 Å². The molecule has 122 valence electrons. The highest BCUT2D eigenvalue weighted by atomic mass is 16.5. The Kier molecular flexibility index (Phi) is 5.03. The number of methoxy groups -OCH3 is 2. The first kappa shape index (κ1) is 16.7.